The van der Waals surface area contributed by atoms with E-state index in [0.717, 1.165) is 12.8 Å². The summed E-state index contributed by atoms with van der Waals surface area (Å²) in [6.07, 6.45) is 2.58. The highest BCUT2D eigenvalue weighted by Gasteiger charge is 2.20. The Hall–Kier alpha value is -0.0400. The van der Waals surface area contributed by atoms with Crippen LogP contribution in [-0.2, 0) is 4.79 Å². The van der Waals surface area contributed by atoms with E-state index in [1.807, 2.05) is 0 Å². The lowest BCUT2D eigenvalue weighted by molar-refractivity contribution is -0.117. The van der Waals surface area contributed by atoms with Gasteiger partial charge in [-0.05, 0) is 12.8 Å². The van der Waals surface area contributed by atoms with Crippen LogP contribution in [-0.4, -0.2) is 11.2 Å². The van der Waals surface area contributed by atoms with Crippen LogP contribution >= 0.6 is 11.6 Å². The molecule has 1 atom stereocenters. The SMILES string of the molecule is O=C1CCC[C@@H]1Cl. The van der Waals surface area contributed by atoms with E-state index in [1.54, 1.807) is 0 Å². The maximum absolute atomic E-state index is 10.4. The third-order valence-corrected chi connectivity index (χ3v) is 1.69. The molecule has 0 aromatic heterocycles. The molecule has 2 heteroatoms. The summed E-state index contributed by atoms with van der Waals surface area (Å²) in [6, 6.07) is 0. The van der Waals surface area contributed by atoms with Gasteiger partial charge in [0.25, 0.3) is 0 Å². The average Bonchev–Trinajstić information content (AvgIpc) is 1.91. The molecule has 0 heterocycles. The van der Waals surface area contributed by atoms with Crippen LogP contribution in [0.1, 0.15) is 19.3 Å². The van der Waals surface area contributed by atoms with E-state index in [1.165, 1.54) is 0 Å². The second kappa shape index (κ2) is 1.83. The maximum atomic E-state index is 10.4. The fourth-order valence-corrected chi connectivity index (χ4v) is 1.04. The highest BCUT2D eigenvalue weighted by Crippen LogP contribution is 2.18. The topological polar surface area (TPSA) is 17.1 Å². The molecule has 1 saturated carbocycles. The third-order valence-electron chi connectivity index (χ3n) is 1.23. The molecule has 1 rings (SSSR count). The molecule has 0 unspecified atom stereocenters. The molecule has 1 aliphatic carbocycles. The fraction of sp³-hybridized carbons (Fsp3) is 0.800. The molecule has 0 aliphatic heterocycles. The van der Waals surface area contributed by atoms with Gasteiger partial charge in [0.05, 0.1) is 5.38 Å². The van der Waals surface area contributed by atoms with Gasteiger partial charge in [-0.25, -0.2) is 0 Å². The van der Waals surface area contributed by atoms with Crippen LogP contribution < -0.4 is 0 Å². The molecule has 0 radical (unpaired) electrons. The highest BCUT2D eigenvalue weighted by atomic mass is 35.5. The van der Waals surface area contributed by atoms with Gasteiger partial charge in [0, 0.05) is 6.42 Å². The number of alkyl halides is 1. The van der Waals surface area contributed by atoms with E-state index in [-0.39, 0.29) is 11.2 Å². The van der Waals surface area contributed by atoms with Crippen molar-refractivity contribution in [3.05, 3.63) is 0 Å². The Balaban J connectivity index is 2.48. The summed E-state index contributed by atoms with van der Waals surface area (Å²) in [4.78, 5) is 10.4. The molecule has 0 spiro atoms. The van der Waals surface area contributed by atoms with E-state index >= 15 is 0 Å². The van der Waals surface area contributed by atoms with Gasteiger partial charge in [-0.15, -0.1) is 11.6 Å². The van der Waals surface area contributed by atoms with E-state index in [4.69, 9.17) is 11.6 Å². The van der Waals surface area contributed by atoms with Crippen molar-refractivity contribution in [1.29, 1.82) is 0 Å². The van der Waals surface area contributed by atoms with E-state index in [9.17, 15) is 4.79 Å². The summed E-state index contributed by atoms with van der Waals surface area (Å²) in [7, 11) is 0. The van der Waals surface area contributed by atoms with Crippen molar-refractivity contribution in [3.8, 4) is 0 Å². The fourth-order valence-electron chi connectivity index (χ4n) is 0.773. The summed E-state index contributed by atoms with van der Waals surface area (Å²) >= 11 is 5.51. The number of hydrogen-bond acceptors (Lipinski definition) is 1. The van der Waals surface area contributed by atoms with Crippen LogP contribution in [0.3, 0.4) is 0 Å². The van der Waals surface area contributed by atoms with Gasteiger partial charge in [-0.1, -0.05) is 0 Å². The molecule has 0 aromatic carbocycles. The summed E-state index contributed by atoms with van der Waals surface area (Å²) in [5.74, 6) is 0.224. The van der Waals surface area contributed by atoms with Crippen molar-refractivity contribution in [2.75, 3.05) is 0 Å². The highest BCUT2D eigenvalue weighted by molar-refractivity contribution is 6.31. The zero-order valence-electron chi connectivity index (χ0n) is 3.98. The summed E-state index contributed by atoms with van der Waals surface area (Å²) < 4.78 is 0. The van der Waals surface area contributed by atoms with Gasteiger partial charge >= 0.3 is 0 Å². The Bertz CT molecular complexity index is 90.1. The number of rotatable bonds is 0. The number of Topliss-reactive ketones (excluding diaryl/α,β-unsaturated/α-hetero) is 1. The zero-order valence-corrected chi connectivity index (χ0v) is 4.74. The average molecular weight is 119 g/mol. The molecule has 0 amide bonds. The van der Waals surface area contributed by atoms with E-state index in [2.05, 4.69) is 0 Å². The van der Waals surface area contributed by atoms with Crippen molar-refractivity contribution in [1.82, 2.24) is 0 Å². The van der Waals surface area contributed by atoms with Gasteiger partial charge < -0.3 is 0 Å². The van der Waals surface area contributed by atoms with E-state index in [0.29, 0.717) is 6.42 Å². The Morgan fingerprint density at radius 2 is 2.43 bits per heavy atom. The quantitative estimate of drug-likeness (QED) is 0.439. The first-order valence-corrected chi connectivity index (χ1v) is 2.91. The van der Waals surface area contributed by atoms with Gasteiger partial charge in [-0.3, -0.25) is 4.79 Å². The molecule has 0 N–H and O–H groups in total. The van der Waals surface area contributed by atoms with Crippen LogP contribution in [0, 0.1) is 0 Å². The van der Waals surface area contributed by atoms with Crippen molar-refractivity contribution >= 4 is 17.4 Å². The van der Waals surface area contributed by atoms with E-state index < -0.39 is 0 Å². The maximum Gasteiger partial charge on any atom is 0.150 e. The molecular weight excluding hydrogens is 112 g/mol. The number of halogens is 1. The molecule has 0 bridgehead atoms. The number of carbonyl (C=O) groups is 1. The summed E-state index contributed by atoms with van der Waals surface area (Å²) in [6.45, 7) is 0. The number of ketones is 1. The third kappa shape index (κ3) is 0.942. The lowest BCUT2D eigenvalue weighted by atomic mass is 10.3. The first-order valence-electron chi connectivity index (χ1n) is 2.47. The largest absolute Gasteiger partial charge is 0.298 e. The van der Waals surface area contributed by atoms with Crippen LogP contribution in [0.25, 0.3) is 0 Å². The van der Waals surface area contributed by atoms with Crippen LogP contribution in [0.5, 0.6) is 0 Å². The normalized spacial score (nSPS) is 31.6. The minimum Gasteiger partial charge on any atom is -0.298 e. The van der Waals surface area contributed by atoms with Crippen molar-refractivity contribution in [2.45, 2.75) is 24.6 Å². The van der Waals surface area contributed by atoms with Gasteiger partial charge in [-0.2, -0.15) is 0 Å². The molecular formula is C5H7ClO. The molecule has 7 heavy (non-hydrogen) atoms. The second-order valence-electron chi connectivity index (χ2n) is 1.83. The standard InChI is InChI=1S/C5H7ClO/c6-4-2-1-3-5(4)7/h4H,1-3H2/t4-/m0/s1. The Morgan fingerprint density at radius 1 is 1.71 bits per heavy atom. The molecule has 0 aromatic rings. The lowest BCUT2D eigenvalue weighted by Crippen LogP contribution is -2.02. The monoisotopic (exact) mass is 118 g/mol. The minimum atomic E-state index is -0.153. The molecule has 1 fully saturated rings. The Kier molecular flexibility index (Phi) is 1.33. The van der Waals surface area contributed by atoms with Gasteiger partial charge in [0.1, 0.15) is 0 Å². The van der Waals surface area contributed by atoms with Crippen molar-refractivity contribution < 1.29 is 4.79 Å². The predicted octanol–water partition coefficient (Wildman–Crippen LogP) is 1.35. The Morgan fingerprint density at radius 3 is 2.57 bits per heavy atom. The van der Waals surface area contributed by atoms with Crippen molar-refractivity contribution in [3.63, 3.8) is 0 Å². The molecule has 1 nitrogen and oxygen atoms in total. The summed E-state index contributed by atoms with van der Waals surface area (Å²) in [5.41, 5.74) is 0. The molecule has 40 valence electrons. The first kappa shape index (κ1) is 5.10. The van der Waals surface area contributed by atoms with Gasteiger partial charge in [0.2, 0.25) is 0 Å². The lowest BCUT2D eigenvalue weighted by Gasteiger charge is -1.88. The second-order valence-corrected chi connectivity index (χ2v) is 2.35. The van der Waals surface area contributed by atoms with Gasteiger partial charge in [0.15, 0.2) is 5.78 Å². The number of carbonyl (C=O) groups excluding carboxylic acids is 1. The molecule has 1 aliphatic rings. The predicted molar refractivity (Wildman–Crippen MR) is 28.5 cm³/mol. The summed E-state index contributed by atoms with van der Waals surface area (Å²) in [5, 5.41) is -0.153. The van der Waals surface area contributed by atoms with Crippen LogP contribution in [0.15, 0.2) is 0 Å². The molecule has 0 saturated heterocycles. The number of hydrogen-bond donors (Lipinski definition) is 0. The smallest absolute Gasteiger partial charge is 0.150 e. The first-order chi connectivity index (χ1) is 3.30. The van der Waals surface area contributed by atoms with Crippen LogP contribution in [0.4, 0.5) is 0 Å². The Labute approximate surface area is 47.7 Å². The van der Waals surface area contributed by atoms with Crippen LogP contribution in [0.2, 0.25) is 0 Å². The van der Waals surface area contributed by atoms with Crippen molar-refractivity contribution in [2.24, 2.45) is 0 Å². The minimum absolute atomic E-state index is 0.153. The zero-order chi connectivity index (χ0) is 5.28.